The number of methoxy groups -OCH3 is 2. The van der Waals surface area contributed by atoms with Crippen LogP contribution in [0.1, 0.15) is 18.7 Å². The molecule has 0 aliphatic rings. The molecule has 0 saturated carbocycles. The van der Waals surface area contributed by atoms with E-state index in [0.717, 1.165) is 47.1 Å². The summed E-state index contributed by atoms with van der Waals surface area (Å²) in [6.45, 7) is 1.92. The number of pyridine rings is 1. The Morgan fingerprint density at radius 2 is 2.04 bits per heavy atom. The molecule has 27 heavy (non-hydrogen) atoms. The Morgan fingerprint density at radius 1 is 1.22 bits per heavy atom. The van der Waals surface area contributed by atoms with Gasteiger partial charge in [0, 0.05) is 32.0 Å². The van der Waals surface area contributed by atoms with Crippen LogP contribution in [0, 0.1) is 0 Å². The molecule has 1 amide bonds. The predicted octanol–water partition coefficient (Wildman–Crippen LogP) is 2.49. The molecule has 2 heterocycles. The van der Waals surface area contributed by atoms with E-state index in [-0.39, 0.29) is 0 Å². The van der Waals surface area contributed by atoms with E-state index < -0.39 is 6.09 Å². The van der Waals surface area contributed by atoms with Crippen LogP contribution in [-0.4, -0.2) is 48.0 Å². The quantitative estimate of drug-likeness (QED) is 0.590. The van der Waals surface area contributed by atoms with Gasteiger partial charge in [0.15, 0.2) is 5.82 Å². The van der Waals surface area contributed by atoms with Gasteiger partial charge in [-0.15, -0.1) is 0 Å². The molecule has 0 unspecified atom stereocenters. The van der Waals surface area contributed by atoms with E-state index in [0.29, 0.717) is 25.4 Å². The van der Waals surface area contributed by atoms with Gasteiger partial charge in [-0.05, 0) is 18.9 Å². The van der Waals surface area contributed by atoms with Crippen LogP contribution in [0.4, 0.5) is 10.6 Å². The largest absolute Gasteiger partial charge is 0.453 e. The number of alkyl carbamates (subject to hydrolysis) is 1. The molecule has 0 bridgehead atoms. The van der Waals surface area contributed by atoms with E-state index in [9.17, 15) is 4.79 Å². The molecule has 0 spiro atoms. The highest BCUT2D eigenvalue weighted by Crippen LogP contribution is 2.29. The number of nitrogens with zero attached hydrogens (tertiary/aromatic N) is 3. The number of unbranched alkanes of at least 4 members (excludes halogenated alkanes) is 1. The van der Waals surface area contributed by atoms with Gasteiger partial charge in [-0.2, -0.15) is 0 Å². The third-order valence-corrected chi connectivity index (χ3v) is 4.48. The number of imidazole rings is 1. The molecule has 0 saturated heterocycles. The number of para-hydroxylation sites is 1. The lowest BCUT2D eigenvalue weighted by Crippen LogP contribution is -2.24. The van der Waals surface area contributed by atoms with Crippen LogP contribution in [0.2, 0.25) is 0 Å². The lowest BCUT2D eigenvalue weighted by molar-refractivity contribution is 0.171. The SMILES string of the molecule is COCCc1nc2c(N)nc3ccccc3c2n1CCCCNC(=O)OC. The predicted molar refractivity (Wildman–Crippen MR) is 105 cm³/mol. The third kappa shape index (κ3) is 4.11. The third-order valence-electron chi connectivity index (χ3n) is 4.48. The van der Waals surface area contributed by atoms with Crippen LogP contribution in [0.15, 0.2) is 24.3 Å². The lowest BCUT2D eigenvalue weighted by atomic mass is 10.2. The van der Waals surface area contributed by atoms with E-state index in [1.165, 1.54) is 7.11 Å². The van der Waals surface area contributed by atoms with E-state index >= 15 is 0 Å². The summed E-state index contributed by atoms with van der Waals surface area (Å²) in [6.07, 6.45) is 2.00. The Balaban J connectivity index is 1.91. The number of nitrogens with two attached hydrogens (primary N) is 1. The molecule has 3 aromatic rings. The number of fused-ring (bicyclic) bond motifs is 3. The van der Waals surface area contributed by atoms with Crippen molar-refractivity contribution in [3.63, 3.8) is 0 Å². The molecular formula is C19H25N5O3. The van der Waals surface area contributed by atoms with Crippen molar-refractivity contribution in [3.05, 3.63) is 30.1 Å². The summed E-state index contributed by atoms with van der Waals surface area (Å²) in [4.78, 5) is 20.4. The molecule has 1 aromatic carbocycles. The monoisotopic (exact) mass is 371 g/mol. The fourth-order valence-electron chi connectivity index (χ4n) is 3.19. The molecule has 0 aliphatic heterocycles. The highest BCUT2D eigenvalue weighted by molar-refractivity contribution is 6.06. The van der Waals surface area contributed by atoms with Crippen LogP contribution in [0.25, 0.3) is 21.9 Å². The number of hydrogen-bond donors (Lipinski definition) is 2. The number of rotatable bonds is 8. The highest BCUT2D eigenvalue weighted by Gasteiger charge is 2.16. The molecular weight excluding hydrogens is 346 g/mol. The average molecular weight is 371 g/mol. The Morgan fingerprint density at radius 3 is 2.81 bits per heavy atom. The molecule has 2 aromatic heterocycles. The van der Waals surface area contributed by atoms with Crippen molar-refractivity contribution < 1.29 is 14.3 Å². The molecule has 8 nitrogen and oxygen atoms in total. The van der Waals surface area contributed by atoms with Crippen molar-refractivity contribution >= 4 is 33.8 Å². The number of aromatic nitrogens is 3. The zero-order chi connectivity index (χ0) is 19.2. The summed E-state index contributed by atoms with van der Waals surface area (Å²) in [5.41, 5.74) is 8.77. The van der Waals surface area contributed by atoms with Crippen LogP contribution in [0.5, 0.6) is 0 Å². The smallest absolute Gasteiger partial charge is 0.406 e. The van der Waals surface area contributed by atoms with Crippen molar-refractivity contribution in [1.82, 2.24) is 19.9 Å². The molecule has 8 heteroatoms. The van der Waals surface area contributed by atoms with Crippen molar-refractivity contribution in [2.45, 2.75) is 25.8 Å². The highest BCUT2D eigenvalue weighted by atomic mass is 16.5. The van der Waals surface area contributed by atoms with Crippen LogP contribution in [0.3, 0.4) is 0 Å². The molecule has 0 fully saturated rings. The number of benzene rings is 1. The minimum Gasteiger partial charge on any atom is -0.453 e. The second-order valence-corrected chi connectivity index (χ2v) is 6.26. The van der Waals surface area contributed by atoms with Crippen molar-refractivity contribution in [2.24, 2.45) is 0 Å². The Labute approximate surface area is 157 Å². The van der Waals surface area contributed by atoms with Gasteiger partial charge in [-0.3, -0.25) is 0 Å². The average Bonchev–Trinajstić information content (AvgIpc) is 3.05. The summed E-state index contributed by atoms with van der Waals surface area (Å²) in [6, 6.07) is 7.94. The van der Waals surface area contributed by atoms with E-state index in [2.05, 4.69) is 19.6 Å². The van der Waals surface area contributed by atoms with Gasteiger partial charge in [0.1, 0.15) is 11.3 Å². The maximum absolute atomic E-state index is 11.2. The lowest BCUT2D eigenvalue weighted by Gasteiger charge is -2.11. The summed E-state index contributed by atoms with van der Waals surface area (Å²) in [7, 11) is 3.04. The summed E-state index contributed by atoms with van der Waals surface area (Å²) >= 11 is 0. The summed E-state index contributed by atoms with van der Waals surface area (Å²) in [5, 5.41) is 3.73. The molecule has 144 valence electrons. The first-order valence-electron chi connectivity index (χ1n) is 8.99. The first kappa shape index (κ1) is 18.9. The number of nitrogen functional groups attached to an aromatic ring is 1. The minimum absolute atomic E-state index is 0.409. The Kier molecular flexibility index (Phi) is 6.08. The van der Waals surface area contributed by atoms with Crippen molar-refractivity contribution in [2.75, 3.05) is 33.1 Å². The van der Waals surface area contributed by atoms with E-state index in [1.807, 2.05) is 24.3 Å². The maximum atomic E-state index is 11.2. The van der Waals surface area contributed by atoms with Gasteiger partial charge in [-0.25, -0.2) is 14.8 Å². The van der Waals surface area contributed by atoms with Gasteiger partial charge < -0.3 is 25.1 Å². The van der Waals surface area contributed by atoms with Gasteiger partial charge in [-0.1, -0.05) is 18.2 Å². The second-order valence-electron chi connectivity index (χ2n) is 6.26. The van der Waals surface area contributed by atoms with E-state index in [1.54, 1.807) is 7.11 Å². The van der Waals surface area contributed by atoms with Gasteiger partial charge in [0.2, 0.25) is 0 Å². The Bertz CT molecular complexity index is 938. The topological polar surface area (TPSA) is 104 Å². The number of carbonyl (C=O) groups is 1. The molecule has 0 aliphatic carbocycles. The summed E-state index contributed by atoms with van der Waals surface area (Å²) in [5.74, 6) is 1.37. The van der Waals surface area contributed by atoms with Crippen LogP contribution < -0.4 is 11.1 Å². The fraction of sp³-hybridized carbons (Fsp3) is 0.421. The number of carbonyl (C=O) groups excluding carboxylic acids is 1. The first-order chi connectivity index (χ1) is 13.2. The first-order valence-corrected chi connectivity index (χ1v) is 8.99. The van der Waals surface area contributed by atoms with Crippen molar-refractivity contribution in [1.29, 1.82) is 0 Å². The molecule has 3 rings (SSSR count). The number of anilines is 1. The molecule has 3 N–H and O–H groups in total. The summed E-state index contributed by atoms with van der Waals surface area (Å²) < 4.78 is 12.0. The minimum atomic E-state index is -0.409. The number of amides is 1. The maximum Gasteiger partial charge on any atom is 0.406 e. The standard InChI is InChI=1S/C19H25N5O3/c1-26-12-9-15-23-16-17(13-7-3-4-8-14(13)22-18(16)20)24(15)11-6-5-10-21-19(25)27-2/h3-4,7-8H,5-6,9-12H2,1-2H3,(H2,20,22)(H,21,25). The second kappa shape index (κ2) is 8.68. The molecule has 0 atom stereocenters. The van der Waals surface area contributed by atoms with Gasteiger partial charge >= 0.3 is 6.09 Å². The normalized spacial score (nSPS) is 11.2. The molecule has 0 radical (unpaired) electrons. The zero-order valence-electron chi connectivity index (χ0n) is 15.7. The number of nitrogens with one attached hydrogen (secondary N) is 1. The van der Waals surface area contributed by atoms with E-state index in [4.69, 9.17) is 15.5 Å². The van der Waals surface area contributed by atoms with Crippen LogP contribution >= 0.6 is 0 Å². The number of aryl methyl sites for hydroxylation is 1. The van der Waals surface area contributed by atoms with Gasteiger partial charge in [0.25, 0.3) is 0 Å². The van der Waals surface area contributed by atoms with Crippen molar-refractivity contribution in [3.8, 4) is 0 Å². The number of hydrogen-bond acceptors (Lipinski definition) is 6. The fourth-order valence-corrected chi connectivity index (χ4v) is 3.19. The zero-order valence-corrected chi connectivity index (χ0v) is 15.7. The Hall–Kier alpha value is -2.87. The van der Waals surface area contributed by atoms with Crippen LogP contribution in [-0.2, 0) is 22.4 Å². The van der Waals surface area contributed by atoms with Gasteiger partial charge in [0.05, 0.1) is 24.8 Å². The number of ether oxygens (including phenoxy) is 2.